The number of rotatable bonds is 2. The molecule has 3 nitrogen and oxygen atoms in total. The quantitative estimate of drug-likeness (QED) is 0.834. The summed E-state index contributed by atoms with van der Waals surface area (Å²) in [6.45, 7) is 1.53. The van der Waals surface area contributed by atoms with Crippen LogP contribution < -0.4 is 5.32 Å². The number of thiophene rings is 1. The fourth-order valence-corrected chi connectivity index (χ4v) is 4.47. The largest absolute Gasteiger partial charge is 0.323 e. The second-order valence-electron chi connectivity index (χ2n) is 4.41. The zero-order valence-electron chi connectivity index (χ0n) is 10.5. The number of fused-ring (bicyclic) bond motifs is 1. The molecule has 0 fully saturated rings. The maximum Gasteiger partial charge on any atom is 0.242 e. The van der Waals surface area contributed by atoms with Crippen LogP contribution in [0.2, 0.25) is 5.02 Å². The van der Waals surface area contributed by atoms with E-state index in [-0.39, 0.29) is 16.9 Å². The summed E-state index contributed by atoms with van der Waals surface area (Å²) < 4.78 is 0.967. The average Bonchev–Trinajstić information content (AvgIpc) is 2.82. The molecule has 3 rings (SSSR count). The van der Waals surface area contributed by atoms with Crippen molar-refractivity contribution in [3.63, 3.8) is 0 Å². The minimum atomic E-state index is -0.307. The number of ketones is 1. The van der Waals surface area contributed by atoms with E-state index >= 15 is 0 Å². The Bertz CT molecular complexity index is 694. The van der Waals surface area contributed by atoms with Gasteiger partial charge in [0.15, 0.2) is 5.78 Å². The van der Waals surface area contributed by atoms with Gasteiger partial charge in [-0.25, -0.2) is 0 Å². The smallest absolute Gasteiger partial charge is 0.242 e. The van der Waals surface area contributed by atoms with Crippen molar-refractivity contribution in [2.45, 2.75) is 16.4 Å². The fraction of sp³-hybridized carbons (Fsp3) is 0.143. The number of halogens is 1. The fourth-order valence-electron chi connectivity index (χ4n) is 1.94. The van der Waals surface area contributed by atoms with E-state index in [1.54, 1.807) is 18.2 Å². The molecule has 1 aliphatic heterocycles. The number of carbonyl (C=O) groups excluding carboxylic acids is 2. The van der Waals surface area contributed by atoms with Gasteiger partial charge in [-0.1, -0.05) is 35.5 Å². The first kappa shape index (κ1) is 13.7. The number of nitrogens with one attached hydrogen (secondary N) is 1. The summed E-state index contributed by atoms with van der Waals surface area (Å²) in [5.41, 5.74) is 1.64. The first-order valence-corrected chi connectivity index (χ1v) is 8.00. The van der Waals surface area contributed by atoms with E-state index in [0.29, 0.717) is 9.90 Å². The molecular formula is C14H10ClNO2S2. The zero-order valence-corrected chi connectivity index (χ0v) is 12.9. The highest BCUT2D eigenvalue weighted by atomic mass is 35.5. The van der Waals surface area contributed by atoms with E-state index in [0.717, 1.165) is 15.5 Å². The third-order valence-electron chi connectivity index (χ3n) is 2.94. The van der Waals surface area contributed by atoms with E-state index in [1.165, 1.54) is 30.0 Å². The van der Waals surface area contributed by atoms with Gasteiger partial charge in [-0.05, 0) is 30.7 Å². The van der Waals surface area contributed by atoms with Gasteiger partial charge >= 0.3 is 0 Å². The molecule has 2 aromatic rings. The standard InChI is InChI=1S/C14H10ClNO2S2/c1-7(17)11-6-10-14(19-11)20-12(13(18)16-10)8-2-4-9(15)5-3-8/h2-6,12H,1H3,(H,16,18). The van der Waals surface area contributed by atoms with Crippen molar-refractivity contribution in [3.05, 3.63) is 45.8 Å². The summed E-state index contributed by atoms with van der Waals surface area (Å²) in [7, 11) is 0. The average molecular weight is 324 g/mol. The van der Waals surface area contributed by atoms with Crippen molar-refractivity contribution in [1.29, 1.82) is 0 Å². The maximum absolute atomic E-state index is 12.2. The highest BCUT2D eigenvalue weighted by Gasteiger charge is 2.30. The van der Waals surface area contributed by atoms with Gasteiger partial charge in [-0.2, -0.15) is 0 Å². The van der Waals surface area contributed by atoms with Crippen molar-refractivity contribution in [2.24, 2.45) is 0 Å². The van der Waals surface area contributed by atoms with Gasteiger partial charge in [0.05, 0.1) is 14.8 Å². The molecular weight excluding hydrogens is 314 g/mol. The van der Waals surface area contributed by atoms with Crippen LogP contribution in [0.1, 0.15) is 27.4 Å². The van der Waals surface area contributed by atoms with Gasteiger partial charge in [0, 0.05) is 5.02 Å². The molecule has 102 valence electrons. The topological polar surface area (TPSA) is 46.2 Å². The Hall–Kier alpha value is -1.30. The number of thioether (sulfide) groups is 1. The Balaban J connectivity index is 1.94. The second-order valence-corrected chi connectivity index (χ2v) is 7.27. The molecule has 1 aliphatic rings. The Labute approximate surface area is 129 Å². The predicted molar refractivity (Wildman–Crippen MR) is 83.0 cm³/mol. The number of hydrogen-bond acceptors (Lipinski definition) is 4. The van der Waals surface area contributed by atoms with E-state index in [9.17, 15) is 9.59 Å². The number of amides is 1. The molecule has 6 heteroatoms. The SMILES string of the molecule is CC(=O)c1cc2c(s1)SC(c1ccc(Cl)cc1)C(=O)N2. The molecule has 0 radical (unpaired) electrons. The molecule has 0 bridgehead atoms. The van der Waals surface area contributed by atoms with Crippen LogP contribution in [0.3, 0.4) is 0 Å². The number of carbonyl (C=O) groups is 2. The maximum atomic E-state index is 12.2. The summed E-state index contributed by atoms with van der Waals surface area (Å²) in [5, 5.41) is 3.20. The molecule has 20 heavy (non-hydrogen) atoms. The minimum absolute atomic E-state index is 0.0160. The Morgan fingerprint density at radius 2 is 2.00 bits per heavy atom. The van der Waals surface area contributed by atoms with Gasteiger partial charge in [-0.15, -0.1) is 11.3 Å². The van der Waals surface area contributed by atoms with Crippen molar-refractivity contribution >= 4 is 52.1 Å². The lowest BCUT2D eigenvalue weighted by atomic mass is 10.1. The number of hydrogen-bond donors (Lipinski definition) is 1. The highest BCUT2D eigenvalue weighted by molar-refractivity contribution is 8.02. The second kappa shape index (κ2) is 5.24. The van der Waals surface area contributed by atoms with Crippen molar-refractivity contribution < 1.29 is 9.59 Å². The first-order chi connectivity index (χ1) is 9.54. The van der Waals surface area contributed by atoms with E-state index in [4.69, 9.17) is 11.6 Å². The molecule has 1 unspecified atom stereocenters. The van der Waals surface area contributed by atoms with E-state index in [1.807, 2.05) is 12.1 Å². The molecule has 1 aromatic heterocycles. The lowest BCUT2D eigenvalue weighted by Crippen LogP contribution is -2.22. The molecule has 1 amide bonds. The Morgan fingerprint density at radius 3 is 2.65 bits per heavy atom. The van der Waals surface area contributed by atoms with Crippen molar-refractivity contribution in [3.8, 4) is 0 Å². The molecule has 1 N–H and O–H groups in total. The van der Waals surface area contributed by atoms with Gasteiger partial charge in [-0.3, -0.25) is 9.59 Å². The number of benzene rings is 1. The van der Waals surface area contributed by atoms with Crippen LogP contribution in [-0.4, -0.2) is 11.7 Å². The summed E-state index contributed by atoms with van der Waals surface area (Å²) in [6, 6.07) is 8.99. The van der Waals surface area contributed by atoms with Gasteiger partial charge in [0.25, 0.3) is 0 Å². The molecule has 0 saturated carbocycles. The molecule has 1 atom stereocenters. The van der Waals surface area contributed by atoms with Crippen LogP contribution in [-0.2, 0) is 4.79 Å². The van der Waals surface area contributed by atoms with Gasteiger partial charge < -0.3 is 5.32 Å². The third-order valence-corrected chi connectivity index (χ3v) is 5.92. The van der Waals surface area contributed by atoms with E-state index < -0.39 is 0 Å². The normalized spacial score (nSPS) is 17.5. The van der Waals surface area contributed by atoms with Crippen molar-refractivity contribution in [2.75, 3.05) is 5.32 Å². The summed E-state index contributed by atoms with van der Waals surface area (Å²) in [4.78, 5) is 24.3. The van der Waals surface area contributed by atoms with Crippen LogP contribution in [0.25, 0.3) is 0 Å². The Kier molecular flexibility index (Phi) is 3.58. The summed E-state index contributed by atoms with van der Waals surface area (Å²) in [5.74, 6) is -0.0555. The van der Waals surface area contributed by atoms with Gasteiger partial charge in [0.1, 0.15) is 5.25 Å². The minimum Gasteiger partial charge on any atom is -0.323 e. The summed E-state index contributed by atoms with van der Waals surface area (Å²) >= 11 is 8.76. The number of Topliss-reactive ketones (excluding diaryl/α,β-unsaturated/α-hetero) is 1. The van der Waals surface area contributed by atoms with E-state index in [2.05, 4.69) is 5.32 Å². The monoisotopic (exact) mass is 323 g/mol. The third kappa shape index (κ3) is 2.49. The summed E-state index contributed by atoms with van der Waals surface area (Å²) in [6.07, 6.45) is 0. The molecule has 2 heterocycles. The predicted octanol–water partition coefficient (Wildman–Crippen LogP) is 4.39. The highest BCUT2D eigenvalue weighted by Crippen LogP contribution is 2.48. The molecule has 0 spiro atoms. The molecule has 0 saturated heterocycles. The van der Waals surface area contributed by atoms with Crippen LogP contribution in [0.15, 0.2) is 34.5 Å². The van der Waals surface area contributed by atoms with Crippen molar-refractivity contribution in [1.82, 2.24) is 0 Å². The first-order valence-electron chi connectivity index (χ1n) is 5.92. The van der Waals surface area contributed by atoms with Crippen LogP contribution in [0.4, 0.5) is 5.69 Å². The lowest BCUT2D eigenvalue weighted by Gasteiger charge is -2.21. The molecule has 0 aliphatic carbocycles. The van der Waals surface area contributed by atoms with Crippen LogP contribution in [0.5, 0.6) is 0 Å². The molecule has 1 aromatic carbocycles. The zero-order chi connectivity index (χ0) is 14.3. The van der Waals surface area contributed by atoms with Crippen LogP contribution >= 0.6 is 34.7 Å². The lowest BCUT2D eigenvalue weighted by molar-refractivity contribution is -0.115. The number of anilines is 1. The van der Waals surface area contributed by atoms with Gasteiger partial charge in [0.2, 0.25) is 5.91 Å². The Morgan fingerprint density at radius 1 is 1.30 bits per heavy atom. The van der Waals surface area contributed by atoms with Crippen LogP contribution in [0, 0.1) is 0 Å².